The summed E-state index contributed by atoms with van der Waals surface area (Å²) in [6.07, 6.45) is 10.6. The summed E-state index contributed by atoms with van der Waals surface area (Å²) in [4.78, 5) is 9.47. The molecule has 1 saturated carbocycles. The van der Waals surface area contributed by atoms with Crippen molar-refractivity contribution in [2.45, 2.75) is 57.3 Å². The minimum absolute atomic E-state index is 0.0572. The van der Waals surface area contributed by atoms with E-state index in [9.17, 15) is 0 Å². The zero-order valence-electron chi connectivity index (χ0n) is 17.2. The van der Waals surface area contributed by atoms with Crippen molar-refractivity contribution in [1.82, 2.24) is 9.97 Å². The summed E-state index contributed by atoms with van der Waals surface area (Å²) in [6.45, 7) is 4.76. The molecular formula is C27H26N2. The van der Waals surface area contributed by atoms with Gasteiger partial charge in [0.05, 0.1) is 11.2 Å². The van der Waals surface area contributed by atoms with Gasteiger partial charge in [0.2, 0.25) is 0 Å². The number of fused-ring (bicyclic) bond motifs is 3. The van der Waals surface area contributed by atoms with Gasteiger partial charge >= 0.3 is 0 Å². The number of nitrogens with zero attached hydrogens (tertiary/aromatic N) is 2. The molecule has 0 atom stereocenters. The highest BCUT2D eigenvalue weighted by Gasteiger charge is 2.35. The average molecular weight is 379 g/mol. The van der Waals surface area contributed by atoms with Crippen LogP contribution in [0.25, 0.3) is 32.9 Å². The molecule has 2 heteroatoms. The molecular weight excluding hydrogens is 352 g/mol. The largest absolute Gasteiger partial charge is 0.256 e. The number of pyridine rings is 2. The van der Waals surface area contributed by atoms with Crippen LogP contribution in [0.15, 0.2) is 54.9 Å². The van der Waals surface area contributed by atoms with E-state index < -0.39 is 0 Å². The topological polar surface area (TPSA) is 25.8 Å². The lowest BCUT2D eigenvalue weighted by molar-refractivity contribution is 0.443. The van der Waals surface area contributed by atoms with Gasteiger partial charge in [0.1, 0.15) is 0 Å². The maximum Gasteiger partial charge on any atom is 0.0787 e. The molecule has 2 nitrogen and oxygen atoms in total. The van der Waals surface area contributed by atoms with Crippen LogP contribution in [-0.2, 0) is 5.41 Å². The van der Waals surface area contributed by atoms with Crippen LogP contribution in [0, 0.1) is 0 Å². The van der Waals surface area contributed by atoms with Gasteiger partial charge in [0, 0.05) is 34.1 Å². The minimum atomic E-state index is -0.0572. The Morgan fingerprint density at radius 2 is 1.69 bits per heavy atom. The van der Waals surface area contributed by atoms with Crippen LogP contribution in [0.1, 0.15) is 68.6 Å². The first-order chi connectivity index (χ1) is 14.1. The van der Waals surface area contributed by atoms with Crippen LogP contribution < -0.4 is 0 Å². The maximum absolute atomic E-state index is 4.87. The Morgan fingerprint density at radius 1 is 0.828 bits per heavy atom. The molecule has 0 amide bonds. The van der Waals surface area contributed by atoms with Crippen molar-refractivity contribution in [2.24, 2.45) is 0 Å². The van der Waals surface area contributed by atoms with Crippen LogP contribution in [-0.4, -0.2) is 9.97 Å². The third kappa shape index (κ3) is 2.48. The Bertz CT molecular complexity index is 1260. The van der Waals surface area contributed by atoms with Gasteiger partial charge in [-0.25, -0.2) is 0 Å². The lowest BCUT2D eigenvalue weighted by Crippen LogP contribution is -2.24. The lowest BCUT2D eigenvalue weighted by Gasteiger charge is -2.36. The predicted octanol–water partition coefficient (Wildman–Crippen LogP) is 7.14. The standard InChI is InChI=1S/C27H26N2/c1-27(2)22-14-18-9-6-11-28-24(18)16-21(22)26-25-19(10-12-29-26)13-20(15-23(25)27)17-7-4-3-5-8-17/h6,9-17H,3-5,7-8H2,1-2H3. The first-order valence-electron chi connectivity index (χ1n) is 11.0. The highest BCUT2D eigenvalue weighted by molar-refractivity contribution is 6.03. The number of rotatable bonds is 1. The molecule has 144 valence electrons. The van der Waals surface area contributed by atoms with Gasteiger partial charge in [-0.05, 0) is 65.1 Å². The van der Waals surface area contributed by atoms with Crippen LogP contribution in [0.4, 0.5) is 0 Å². The van der Waals surface area contributed by atoms with Crippen molar-refractivity contribution < 1.29 is 0 Å². The quantitative estimate of drug-likeness (QED) is 0.352. The van der Waals surface area contributed by atoms with Crippen molar-refractivity contribution in [3.05, 3.63) is 71.5 Å². The Hall–Kier alpha value is -2.74. The van der Waals surface area contributed by atoms with Crippen molar-refractivity contribution in [2.75, 3.05) is 0 Å². The zero-order valence-corrected chi connectivity index (χ0v) is 17.2. The summed E-state index contributed by atoms with van der Waals surface area (Å²) in [5.41, 5.74) is 7.68. The second-order valence-corrected chi connectivity index (χ2v) is 9.38. The second kappa shape index (κ2) is 6.13. The molecule has 1 fully saturated rings. The van der Waals surface area contributed by atoms with Gasteiger partial charge in [-0.1, -0.05) is 51.3 Å². The molecule has 2 aromatic heterocycles. The highest BCUT2D eigenvalue weighted by atomic mass is 14.7. The van der Waals surface area contributed by atoms with Gasteiger partial charge < -0.3 is 0 Å². The van der Waals surface area contributed by atoms with Gasteiger partial charge in [0.15, 0.2) is 0 Å². The van der Waals surface area contributed by atoms with E-state index in [1.807, 2.05) is 18.5 Å². The van der Waals surface area contributed by atoms with Crippen LogP contribution in [0.2, 0.25) is 0 Å². The van der Waals surface area contributed by atoms with Crippen molar-refractivity contribution >= 4 is 21.7 Å². The molecule has 0 bridgehead atoms. The zero-order chi connectivity index (χ0) is 19.6. The van der Waals surface area contributed by atoms with Crippen molar-refractivity contribution in [1.29, 1.82) is 0 Å². The van der Waals surface area contributed by atoms with Gasteiger partial charge in [-0.3, -0.25) is 9.97 Å². The van der Waals surface area contributed by atoms with E-state index in [0.29, 0.717) is 5.92 Å². The molecule has 2 aromatic carbocycles. The number of hydrogen-bond donors (Lipinski definition) is 0. The molecule has 0 spiro atoms. The molecule has 2 aliphatic carbocycles. The van der Waals surface area contributed by atoms with Crippen LogP contribution >= 0.6 is 0 Å². The first-order valence-corrected chi connectivity index (χ1v) is 11.0. The first kappa shape index (κ1) is 17.1. The number of aromatic nitrogens is 2. The molecule has 29 heavy (non-hydrogen) atoms. The fourth-order valence-corrected chi connectivity index (χ4v) is 5.69. The lowest BCUT2D eigenvalue weighted by atomic mass is 9.68. The monoisotopic (exact) mass is 378 g/mol. The average Bonchev–Trinajstić information content (AvgIpc) is 2.77. The second-order valence-electron chi connectivity index (χ2n) is 9.38. The van der Waals surface area contributed by atoms with Crippen LogP contribution in [0.5, 0.6) is 0 Å². The summed E-state index contributed by atoms with van der Waals surface area (Å²) in [5.74, 6) is 0.707. The van der Waals surface area contributed by atoms with E-state index in [1.54, 1.807) is 0 Å². The maximum atomic E-state index is 4.87. The normalized spacial score (nSPS) is 18.1. The van der Waals surface area contributed by atoms with Crippen LogP contribution in [0.3, 0.4) is 0 Å². The fraction of sp³-hybridized carbons (Fsp3) is 0.333. The van der Waals surface area contributed by atoms with E-state index in [0.717, 1.165) is 11.2 Å². The van der Waals surface area contributed by atoms with E-state index in [4.69, 9.17) is 4.98 Å². The van der Waals surface area contributed by atoms with Gasteiger partial charge in [0.25, 0.3) is 0 Å². The Morgan fingerprint density at radius 3 is 2.55 bits per heavy atom. The molecule has 0 aliphatic heterocycles. The van der Waals surface area contributed by atoms with Crippen molar-refractivity contribution in [3.8, 4) is 11.3 Å². The third-order valence-corrected chi connectivity index (χ3v) is 7.31. The Kier molecular flexibility index (Phi) is 3.62. The minimum Gasteiger partial charge on any atom is -0.256 e. The van der Waals surface area contributed by atoms with E-state index in [1.165, 1.54) is 70.5 Å². The molecule has 2 aliphatic rings. The molecule has 0 saturated heterocycles. The third-order valence-electron chi connectivity index (χ3n) is 7.31. The molecule has 2 heterocycles. The molecule has 6 rings (SSSR count). The summed E-state index contributed by atoms with van der Waals surface area (Å²) in [7, 11) is 0. The van der Waals surface area contributed by atoms with Crippen molar-refractivity contribution in [3.63, 3.8) is 0 Å². The molecule has 0 unspecified atom stereocenters. The summed E-state index contributed by atoms with van der Waals surface area (Å²) in [6, 6.07) is 15.9. The summed E-state index contributed by atoms with van der Waals surface area (Å²) >= 11 is 0. The van der Waals surface area contributed by atoms with Gasteiger partial charge in [-0.15, -0.1) is 0 Å². The van der Waals surface area contributed by atoms with Gasteiger partial charge in [-0.2, -0.15) is 0 Å². The molecule has 0 radical (unpaired) electrons. The Balaban J connectivity index is 1.67. The predicted molar refractivity (Wildman–Crippen MR) is 120 cm³/mol. The molecule has 4 aromatic rings. The fourth-order valence-electron chi connectivity index (χ4n) is 5.69. The number of benzene rings is 2. The highest BCUT2D eigenvalue weighted by Crippen LogP contribution is 2.50. The number of hydrogen-bond acceptors (Lipinski definition) is 2. The van der Waals surface area contributed by atoms with E-state index in [-0.39, 0.29) is 5.41 Å². The molecule has 0 N–H and O–H groups in total. The van der Waals surface area contributed by atoms with E-state index >= 15 is 0 Å². The summed E-state index contributed by atoms with van der Waals surface area (Å²) < 4.78 is 0. The summed E-state index contributed by atoms with van der Waals surface area (Å²) in [5, 5.41) is 3.88. The van der Waals surface area contributed by atoms with E-state index in [2.05, 4.69) is 55.2 Å². The smallest absolute Gasteiger partial charge is 0.0787 e. The SMILES string of the molecule is CC1(C)c2cc3cccnc3cc2-c2nccc3cc(C4CCCCC4)cc1c23. The Labute approximate surface area is 172 Å².